The minimum absolute atomic E-state index is 0.0621. The standard InChI is InChI=1S/C18H23NO2/c1-14-8-9-16(13-15(14)7-4-5-12-20)17(21)19-11-6-10-18(19,2)3/h8-9,13,20H,5-6,10-12H2,1-3H3. The number of carbonyl (C=O) groups excluding carboxylic acids is 1. The summed E-state index contributed by atoms with van der Waals surface area (Å²) < 4.78 is 0. The first-order valence-corrected chi connectivity index (χ1v) is 7.48. The number of hydrogen-bond acceptors (Lipinski definition) is 2. The molecule has 1 heterocycles. The fraction of sp³-hybridized carbons (Fsp3) is 0.500. The van der Waals surface area contributed by atoms with Crippen molar-refractivity contribution in [1.82, 2.24) is 4.90 Å². The predicted octanol–water partition coefficient (Wildman–Crippen LogP) is 2.74. The van der Waals surface area contributed by atoms with E-state index in [0.717, 1.165) is 30.5 Å². The zero-order valence-corrected chi connectivity index (χ0v) is 13.1. The number of amides is 1. The van der Waals surface area contributed by atoms with Gasteiger partial charge in [-0.3, -0.25) is 4.79 Å². The first kappa shape index (κ1) is 15.6. The van der Waals surface area contributed by atoms with Crippen molar-refractivity contribution in [2.24, 2.45) is 0 Å². The van der Waals surface area contributed by atoms with Crippen LogP contribution >= 0.6 is 0 Å². The summed E-state index contributed by atoms with van der Waals surface area (Å²) in [6.45, 7) is 7.11. The van der Waals surface area contributed by atoms with Gasteiger partial charge in [-0.05, 0) is 51.3 Å². The van der Waals surface area contributed by atoms with E-state index < -0.39 is 0 Å². The van der Waals surface area contributed by atoms with E-state index in [1.54, 1.807) is 0 Å². The Bertz CT molecular complexity index is 593. The molecule has 1 fully saturated rings. The van der Waals surface area contributed by atoms with Crippen molar-refractivity contribution in [3.63, 3.8) is 0 Å². The molecule has 112 valence electrons. The highest BCUT2D eigenvalue weighted by atomic mass is 16.2. The van der Waals surface area contributed by atoms with E-state index in [1.807, 2.05) is 30.0 Å². The van der Waals surface area contributed by atoms with Gasteiger partial charge >= 0.3 is 0 Å². The zero-order valence-electron chi connectivity index (χ0n) is 13.1. The number of aliphatic hydroxyl groups is 1. The molecule has 0 radical (unpaired) electrons. The Morgan fingerprint density at radius 1 is 1.43 bits per heavy atom. The molecule has 1 aliphatic rings. The van der Waals surface area contributed by atoms with Crippen LogP contribution in [-0.4, -0.2) is 34.6 Å². The number of aliphatic hydroxyl groups excluding tert-OH is 1. The van der Waals surface area contributed by atoms with Crippen LogP contribution in [0.1, 0.15) is 54.6 Å². The second kappa shape index (κ2) is 6.32. The maximum Gasteiger partial charge on any atom is 0.254 e. The molecule has 1 N–H and O–H groups in total. The Balaban J connectivity index is 2.27. The molecule has 1 aliphatic heterocycles. The summed E-state index contributed by atoms with van der Waals surface area (Å²) in [7, 11) is 0. The molecule has 2 rings (SSSR count). The van der Waals surface area contributed by atoms with Crippen molar-refractivity contribution < 1.29 is 9.90 Å². The van der Waals surface area contributed by atoms with Gasteiger partial charge in [-0.25, -0.2) is 0 Å². The van der Waals surface area contributed by atoms with Gasteiger partial charge in [0.1, 0.15) is 0 Å². The molecule has 21 heavy (non-hydrogen) atoms. The highest BCUT2D eigenvalue weighted by Gasteiger charge is 2.35. The van der Waals surface area contributed by atoms with E-state index in [0.29, 0.717) is 12.0 Å². The molecular weight excluding hydrogens is 262 g/mol. The molecule has 3 heteroatoms. The Morgan fingerprint density at radius 2 is 2.19 bits per heavy atom. The lowest BCUT2D eigenvalue weighted by atomic mass is 10.00. The third-order valence-corrected chi connectivity index (χ3v) is 4.09. The summed E-state index contributed by atoms with van der Waals surface area (Å²) >= 11 is 0. The molecule has 1 aromatic rings. The fourth-order valence-electron chi connectivity index (χ4n) is 2.74. The molecule has 1 amide bonds. The second-order valence-corrected chi connectivity index (χ2v) is 6.18. The van der Waals surface area contributed by atoms with Crippen LogP contribution in [0.4, 0.5) is 0 Å². The van der Waals surface area contributed by atoms with Crippen LogP contribution < -0.4 is 0 Å². The van der Waals surface area contributed by atoms with E-state index >= 15 is 0 Å². The Kier molecular flexibility index (Phi) is 4.69. The smallest absolute Gasteiger partial charge is 0.254 e. The van der Waals surface area contributed by atoms with E-state index in [2.05, 4.69) is 25.7 Å². The van der Waals surface area contributed by atoms with Crippen molar-refractivity contribution in [2.45, 2.75) is 45.6 Å². The third kappa shape index (κ3) is 3.46. The monoisotopic (exact) mass is 285 g/mol. The lowest BCUT2D eigenvalue weighted by Crippen LogP contribution is -2.42. The van der Waals surface area contributed by atoms with Crippen molar-refractivity contribution >= 4 is 5.91 Å². The van der Waals surface area contributed by atoms with Gasteiger partial charge in [-0.1, -0.05) is 17.9 Å². The molecule has 0 unspecified atom stereocenters. The molecule has 3 nitrogen and oxygen atoms in total. The van der Waals surface area contributed by atoms with Crippen molar-refractivity contribution in [1.29, 1.82) is 0 Å². The number of aryl methyl sites for hydroxylation is 1. The summed E-state index contributed by atoms with van der Waals surface area (Å²) in [6.07, 6.45) is 2.57. The van der Waals surface area contributed by atoms with Gasteiger partial charge in [0.2, 0.25) is 0 Å². The van der Waals surface area contributed by atoms with E-state index in [1.165, 1.54) is 0 Å². The van der Waals surface area contributed by atoms with Crippen LogP contribution in [0.3, 0.4) is 0 Å². The number of carbonyl (C=O) groups is 1. The van der Waals surface area contributed by atoms with Crippen LogP contribution in [0.15, 0.2) is 18.2 Å². The molecule has 0 spiro atoms. The maximum atomic E-state index is 12.7. The van der Waals surface area contributed by atoms with Gasteiger partial charge in [-0.2, -0.15) is 0 Å². The van der Waals surface area contributed by atoms with Gasteiger partial charge in [0.05, 0.1) is 6.61 Å². The van der Waals surface area contributed by atoms with Crippen LogP contribution in [0, 0.1) is 18.8 Å². The Labute approximate surface area is 127 Å². The average Bonchev–Trinajstić information content (AvgIpc) is 2.80. The second-order valence-electron chi connectivity index (χ2n) is 6.18. The third-order valence-electron chi connectivity index (χ3n) is 4.09. The van der Waals surface area contributed by atoms with Crippen LogP contribution in [0.5, 0.6) is 0 Å². The SMILES string of the molecule is Cc1ccc(C(=O)N2CCCC2(C)C)cc1C#CCCO. The molecule has 0 atom stereocenters. The van der Waals surface area contributed by atoms with Crippen LogP contribution in [0.2, 0.25) is 0 Å². The summed E-state index contributed by atoms with van der Waals surface area (Å²) in [5.41, 5.74) is 2.55. The van der Waals surface area contributed by atoms with Crippen molar-refractivity contribution in [2.75, 3.05) is 13.2 Å². The minimum atomic E-state index is -0.0648. The van der Waals surface area contributed by atoms with Crippen molar-refractivity contribution in [3.05, 3.63) is 34.9 Å². The summed E-state index contributed by atoms with van der Waals surface area (Å²) in [6, 6.07) is 5.69. The number of likely N-dealkylation sites (tertiary alicyclic amines) is 1. The molecule has 0 bridgehead atoms. The summed E-state index contributed by atoms with van der Waals surface area (Å²) in [5, 5.41) is 8.79. The van der Waals surface area contributed by atoms with Crippen LogP contribution in [0.25, 0.3) is 0 Å². The molecule has 0 aliphatic carbocycles. The number of hydrogen-bond donors (Lipinski definition) is 1. The predicted molar refractivity (Wildman–Crippen MR) is 84.1 cm³/mol. The quantitative estimate of drug-likeness (QED) is 0.849. The molecule has 0 saturated carbocycles. The van der Waals surface area contributed by atoms with Crippen LogP contribution in [-0.2, 0) is 0 Å². The number of rotatable bonds is 2. The number of benzene rings is 1. The minimum Gasteiger partial charge on any atom is -0.395 e. The van der Waals surface area contributed by atoms with Gasteiger partial charge in [0, 0.05) is 29.6 Å². The molecule has 1 aromatic carbocycles. The lowest BCUT2D eigenvalue weighted by Gasteiger charge is -2.31. The molecule has 1 saturated heterocycles. The average molecular weight is 285 g/mol. The fourth-order valence-corrected chi connectivity index (χ4v) is 2.74. The van der Waals surface area contributed by atoms with E-state index in [-0.39, 0.29) is 18.1 Å². The first-order chi connectivity index (χ1) is 9.95. The summed E-state index contributed by atoms with van der Waals surface area (Å²) in [4.78, 5) is 14.7. The highest BCUT2D eigenvalue weighted by molar-refractivity contribution is 5.95. The zero-order chi connectivity index (χ0) is 15.5. The largest absolute Gasteiger partial charge is 0.395 e. The Morgan fingerprint density at radius 3 is 2.81 bits per heavy atom. The topological polar surface area (TPSA) is 40.5 Å². The van der Waals surface area contributed by atoms with Gasteiger partial charge in [0.15, 0.2) is 0 Å². The van der Waals surface area contributed by atoms with E-state index in [9.17, 15) is 4.79 Å². The van der Waals surface area contributed by atoms with Gasteiger partial charge < -0.3 is 10.0 Å². The number of nitrogens with zero attached hydrogens (tertiary/aromatic N) is 1. The molecular formula is C18H23NO2. The van der Waals surface area contributed by atoms with Gasteiger partial charge in [-0.15, -0.1) is 0 Å². The lowest BCUT2D eigenvalue weighted by molar-refractivity contribution is 0.0652. The highest BCUT2D eigenvalue weighted by Crippen LogP contribution is 2.30. The Hall–Kier alpha value is -1.79. The normalized spacial score (nSPS) is 16.5. The van der Waals surface area contributed by atoms with E-state index in [4.69, 9.17) is 5.11 Å². The van der Waals surface area contributed by atoms with Gasteiger partial charge in [0.25, 0.3) is 5.91 Å². The summed E-state index contributed by atoms with van der Waals surface area (Å²) in [5.74, 6) is 6.04. The van der Waals surface area contributed by atoms with Crippen molar-refractivity contribution in [3.8, 4) is 11.8 Å². The maximum absolute atomic E-state index is 12.7. The molecule has 0 aromatic heterocycles. The first-order valence-electron chi connectivity index (χ1n) is 7.48.